The molecule has 172 valence electrons. The van der Waals surface area contributed by atoms with E-state index in [2.05, 4.69) is 26.0 Å². The van der Waals surface area contributed by atoms with E-state index in [1.165, 1.54) is 23.0 Å². The van der Waals surface area contributed by atoms with E-state index in [0.717, 1.165) is 4.47 Å². The molecule has 0 radical (unpaired) electrons. The lowest BCUT2D eigenvalue weighted by Gasteiger charge is -2.09. The highest BCUT2D eigenvalue weighted by Crippen LogP contribution is 2.26. The Labute approximate surface area is 207 Å². The molecule has 0 unspecified atom stereocenters. The molecule has 0 spiro atoms. The van der Waals surface area contributed by atoms with Crippen LogP contribution in [0.4, 0.5) is 5.69 Å². The van der Waals surface area contributed by atoms with Crippen LogP contribution in [0.2, 0.25) is 5.02 Å². The van der Waals surface area contributed by atoms with E-state index in [9.17, 15) is 14.9 Å². The number of fused-ring (bicyclic) bond motifs is 1. The maximum atomic E-state index is 13.0. The Hall–Kier alpha value is -3.56. The Morgan fingerprint density at radius 3 is 2.76 bits per heavy atom. The molecule has 4 aromatic rings. The number of hydrogen-bond donors (Lipinski definition) is 0. The molecule has 4 rings (SSSR count). The van der Waals surface area contributed by atoms with Gasteiger partial charge in [-0.3, -0.25) is 14.9 Å². The number of halogens is 2. The molecule has 0 fully saturated rings. The van der Waals surface area contributed by atoms with Crippen LogP contribution in [-0.4, -0.2) is 20.8 Å². The minimum Gasteiger partial charge on any atom is -0.487 e. The van der Waals surface area contributed by atoms with Crippen LogP contribution < -0.4 is 10.3 Å². The normalized spacial score (nSPS) is 11.3. The highest BCUT2D eigenvalue weighted by atomic mass is 79.9. The largest absolute Gasteiger partial charge is 0.487 e. The summed E-state index contributed by atoms with van der Waals surface area (Å²) in [4.78, 5) is 28.0. The van der Waals surface area contributed by atoms with Crippen molar-refractivity contribution in [3.8, 4) is 5.75 Å². The summed E-state index contributed by atoms with van der Waals surface area (Å²) in [6, 6.07) is 16.7. The average molecular weight is 542 g/mol. The number of benzene rings is 3. The monoisotopic (exact) mass is 540 g/mol. The van der Waals surface area contributed by atoms with Crippen LogP contribution in [-0.2, 0) is 13.0 Å². The van der Waals surface area contributed by atoms with Gasteiger partial charge in [0, 0.05) is 23.0 Å². The molecule has 0 N–H and O–H groups in total. The minimum atomic E-state index is -0.455. The highest BCUT2D eigenvalue weighted by molar-refractivity contribution is 9.10. The molecule has 0 amide bonds. The van der Waals surface area contributed by atoms with Crippen molar-refractivity contribution in [3.63, 3.8) is 0 Å². The van der Waals surface area contributed by atoms with Crippen LogP contribution >= 0.6 is 27.5 Å². The van der Waals surface area contributed by atoms with Gasteiger partial charge in [-0.05, 0) is 47.5 Å². The summed E-state index contributed by atoms with van der Waals surface area (Å²) in [5.41, 5.74) is 1.66. The van der Waals surface area contributed by atoms with Crippen LogP contribution in [0, 0.1) is 10.1 Å². The predicted molar refractivity (Wildman–Crippen MR) is 135 cm³/mol. The van der Waals surface area contributed by atoms with Crippen molar-refractivity contribution < 1.29 is 9.66 Å². The number of nitro benzene ring substituents is 1. The number of nitro groups is 1. The third kappa shape index (κ3) is 5.16. The quantitative estimate of drug-likeness (QED) is 0.169. The molecule has 0 saturated carbocycles. The maximum absolute atomic E-state index is 13.0. The number of hydrogen-bond acceptors (Lipinski definition) is 6. The Morgan fingerprint density at radius 1 is 1.21 bits per heavy atom. The first-order valence-corrected chi connectivity index (χ1v) is 11.4. The van der Waals surface area contributed by atoms with Gasteiger partial charge >= 0.3 is 0 Å². The molecule has 0 aliphatic carbocycles. The summed E-state index contributed by atoms with van der Waals surface area (Å²) in [6.07, 6.45) is 2.06. The third-order valence-electron chi connectivity index (χ3n) is 4.99. The van der Waals surface area contributed by atoms with E-state index in [0.29, 0.717) is 45.0 Å². The van der Waals surface area contributed by atoms with Gasteiger partial charge < -0.3 is 4.74 Å². The van der Waals surface area contributed by atoms with Gasteiger partial charge in [0.25, 0.3) is 11.2 Å². The van der Waals surface area contributed by atoms with Crippen LogP contribution in [0.5, 0.6) is 5.75 Å². The second-order valence-electron chi connectivity index (χ2n) is 7.31. The second-order valence-corrected chi connectivity index (χ2v) is 8.63. The van der Waals surface area contributed by atoms with Crippen molar-refractivity contribution in [2.24, 2.45) is 5.10 Å². The van der Waals surface area contributed by atoms with Crippen molar-refractivity contribution in [1.29, 1.82) is 0 Å². The molecule has 8 nitrogen and oxygen atoms in total. The Morgan fingerprint density at radius 2 is 2.03 bits per heavy atom. The summed E-state index contributed by atoms with van der Waals surface area (Å²) in [5.74, 6) is 0.966. The summed E-state index contributed by atoms with van der Waals surface area (Å²) in [7, 11) is 0. The third-order valence-corrected chi connectivity index (χ3v) is 5.77. The lowest BCUT2D eigenvalue weighted by atomic mass is 10.2. The second kappa shape index (κ2) is 10.1. The van der Waals surface area contributed by atoms with Crippen molar-refractivity contribution in [2.75, 3.05) is 0 Å². The minimum absolute atomic E-state index is 0.00372. The molecule has 0 aliphatic heterocycles. The predicted octanol–water partition coefficient (Wildman–Crippen LogP) is 5.74. The van der Waals surface area contributed by atoms with Crippen LogP contribution in [0.25, 0.3) is 10.9 Å². The van der Waals surface area contributed by atoms with Crippen LogP contribution in [0.15, 0.2) is 75.0 Å². The smallest absolute Gasteiger partial charge is 0.282 e. The summed E-state index contributed by atoms with van der Waals surface area (Å²) < 4.78 is 7.79. The van der Waals surface area contributed by atoms with E-state index >= 15 is 0 Å². The van der Waals surface area contributed by atoms with Gasteiger partial charge in [0.15, 0.2) is 0 Å². The fraction of sp³-hybridized carbons (Fsp3) is 0.125. The van der Waals surface area contributed by atoms with Gasteiger partial charge in [0.1, 0.15) is 18.2 Å². The Kier molecular flexibility index (Phi) is 7.04. The molecule has 0 saturated heterocycles. The van der Waals surface area contributed by atoms with Crippen molar-refractivity contribution in [1.82, 2.24) is 9.66 Å². The Balaban J connectivity index is 1.56. The van der Waals surface area contributed by atoms with Crippen molar-refractivity contribution >= 4 is 50.3 Å². The first kappa shape index (κ1) is 23.6. The fourth-order valence-corrected chi connectivity index (χ4v) is 3.91. The molecular formula is C24H18BrClN4O4. The highest BCUT2D eigenvalue weighted by Gasteiger charge is 2.11. The van der Waals surface area contributed by atoms with E-state index in [1.54, 1.807) is 42.5 Å². The van der Waals surface area contributed by atoms with Gasteiger partial charge in [-0.2, -0.15) is 9.78 Å². The average Bonchev–Trinajstić information content (AvgIpc) is 2.83. The number of rotatable bonds is 7. The number of aryl methyl sites for hydroxylation is 1. The Bertz CT molecular complexity index is 1490. The SMILES string of the molecule is CCc1nc2ccc(Br)cc2c(=O)n1N=Cc1ccc(OCc2cccc([N+](=O)[O-])c2)c(Cl)c1. The molecular weight excluding hydrogens is 524 g/mol. The first-order valence-electron chi connectivity index (χ1n) is 10.3. The summed E-state index contributed by atoms with van der Waals surface area (Å²) in [5, 5.41) is 16.1. The summed E-state index contributed by atoms with van der Waals surface area (Å²) >= 11 is 9.75. The van der Waals surface area contributed by atoms with Gasteiger partial charge in [0.2, 0.25) is 0 Å². The van der Waals surface area contributed by atoms with Crippen LogP contribution in [0.3, 0.4) is 0 Å². The van der Waals surface area contributed by atoms with Crippen LogP contribution in [0.1, 0.15) is 23.9 Å². The van der Waals surface area contributed by atoms with E-state index in [-0.39, 0.29) is 17.9 Å². The molecule has 1 heterocycles. The van der Waals surface area contributed by atoms with E-state index < -0.39 is 4.92 Å². The fourth-order valence-electron chi connectivity index (χ4n) is 3.30. The summed E-state index contributed by atoms with van der Waals surface area (Å²) in [6.45, 7) is 2.03. The van der Waals surface area contributed by atoms with Gasteiger partial charge in [-0.15, -0.1) is 0 Å². The molecule has 0 atom stereocenters. The number of aromatic nitrogens is 2. The van der Waals surface area contributed by atoms with Crippen molar-refractivity contribution in [2.45, 2.75) is 20.0 Å². The number of ether oxygens (including phenoxy) is 1. The zero-order valence-electron chi connectivity index (χ0n) is 17.9. The molecule has 3 aromatic carbocycles. The zero-order chi connectivity index (χ0) is 24.2. The van der Waals surface area contributed by atoms with E-state index in [1.807, 2.05) is 13.0 Å². The standard InChI is InChI=1S/C24H18BrClN4O4/c1-2-23-28-21-8-7-17(25)12-19(21)24(31)29(23)27-13-15-6-9-22(20(26)11-15)34-14-16-4-3-5-18(10-16)30(32)33/h3-13H,2,14H2,1H3. The lowest BCUT2D eigenvalue weighted by Crippen LogP contribution is -2.22. The van der Waals surface area contributed by atoms with Gasteiger partial charge in [0.05, 0.1) is 27.1 Å². The lowest BCUT2D eigenvalue weighted by molar-refractivity contribution is -0.384. The molecule has 0 bridgehead atoms. The van der Waals surface area contributed by atoms with Gasteiger partial charge in [-0.1, -0.05) is 46.6 Å². The first-order chi connectivity index (χ1) is 16.4. The maximum Gasteiger partial charge on any atom is 0.282 e. The molecule has 0 aliphatic rings. The van der Waals surface area contributed by atoms with Gasteiger partial charge in [-0.25, -0.2) is 4.98 Å². The topological polar surface area (TPSA) is 99.6 Å². The zero-order valence-corrected chi connectivity index (χ0v) is 20.3. The number of non-ortho nitro benzene ring substituents is 1. The molecule has 10 heteroatoms. The molecule has 1 aromatic heterocycles. The number of nitrogens with zero attached hydrogens (tertiary/aromatic N) is 4. The van der Waals surface area contributed by atoms with E-state index in [4.69, 9.17) is 16.3 Å². The molecule has 34 heavy (non-hydrogen) atoms. The van der Waals surface area contributed by atoms with Crippen molar-refractivity contribution in [3.05, 3.63) is 108 Å².